The number of hydrogen-bond donors (Lipinski definition) is 1. The number of amides is 3. The molecule has 2 aliphatic heterocycles. The van der Waals surface area contributed by atoms with Gasteiger partial charge in [0.1, 0.15) is 6.04 Å². The number of fused-ring (bicyclic) bond motifs is 2. The highest BCUT2D eigenvalue weighted by Crippen LogP contribution is 2.40. The van der Waals surface area contributed by atoms with E-state index >= 15 is 0 Å². The number of benzene rings is 1. The highest BCUT2D eigenvalue weighted by atomic mass is 16.4. The van der Waals surface area contributed by atoms with Crippen molar-refractivity contribution in [2.45, 2.75) is 64.0 Å². The standard InChI is InChI=1S/C22H26N2O5/c1-2-3-10-23-20(26)15-9-8-14(11-16(15)21(23)27)19(25)24-17-7-5-4-6-13(17)12-18(24)22(28)29/h8-9,11,13,17-18H,2-7,10,12H2,1H3,(H,28,29). The van der Waals surface area contributed by atoms with E-state index in [-0.39, 0.29) is 40.8 Å². The molecule has 3 atom stereocenters. The zero-order chi connectivity index (χ0) is 20.7. The number of hydrogen-bond acceptors (Lipinski definition) is 4. The summed E-state index contributed by atoms with van der Waals surface area (Å²) in [5.74, 6) is -1.82. The summed E-state index contributed by atoms with van der Waals surface area (Å²) in [7, 11) is 0. The molecule has 0 aromatic heterocycles. The van der Waals surface area contributed by atoms with E-state index in [2.05, 4.69) is 0 Å². The van der Waals surface area contributed by atoms with Crippen molar-refractivity contribution in [3.05, 3.63) is 34.9 Å². The topological polar surface area (TPSA) is 95.0 Å². The van der Waals surface area contributed by atoms with Gasteiger partial charge >= 0.3 is 5.97 Å². The Bertz CT molecular complexity index is 880. The van der Waals surface area contributed by atoms with Gasteiger partial charge in [-0.25, -0.2) is 4.79 Å². The quantitative estimate of drug-likeness (QED) is 0.770. The molecule has 0 radical (unpaired) electrons. The summed E-state index contributed by atoms with van der Waals surface area (Å²) in [6.45, 7) is 2.35. The van der Waals surface area contributed by atoms with Crippen molar-refractivity contribution in [2.75, 3.05) is 6.54 Å². The van der Waals surface area contributed by atoms with Crippen LogP contribution >= 0.6 is 0 Å². The SMILES string of the molecule is CCCCN1C(=O)c2ccc(C(=O)N3C(C(=O)O)CC4CCCCC43)cc2C1=O. The van der Waals surface area contributed by atoms with Gasteiger partial charge in [0.15, 0.2) is 0 Å². The Morgan fingerprint density at radius 1 is 1.10 bits per heavy atom. The number of rotatable bonds is 5. The molecule has 2 fully saturated rings. The molecule has 1 N–H and O–H groups in total. The van der Waals surface area contributed by atoms with E-state index in [9.17, 15) is 24.3 Å². The van der Waals surface area contributed by atoms with Crippen molar-refractivity contribution in [1.29, 1.82) is 0 Å². The summed E-state index contributed by atoms with van der Waals surface area (Å²) in [6, 6.07) is 3.65. The summed E-state index contributed by atoms with van der Waals surface area (Å²) in [5, 5.41) is 9.68. The molecular weight excluding hydrogens is 372 g/mol. The Morgan fingerprint density at radius 3 is 2.55 bits per heavy atom. The van der Waals surface area contributed by atoms with Crippen LogP contribution in [0.25, 0.3) is 0 Å². The molecule has 3 amide bonds. The van der Waals surface area contributed by atoms with E-state index in [1.165, 1.54) is 21.9 Å². The maximum absolute atomic E-state index is 13.3. The van der Waals surface area contributed by atoms with Gasteiger partial charge in [0.05, 0.1) is 11.1 Å². The Hall–Kier alpha value is -2.70. The molecule has 1 aromatic carbocycles. The molecule has 2 heterocycles. The lowest BCUT2D eigenvalue weighted by atomic mass is 9.84. The highest BCUT2D eigenvalue weighted by molar-refractivity contribution is 6.22. The third kappa shape index (κ3) is 3.22. The minimum absolute atomic E-state index is 0.0657. The minimum Gasteiger partial charge on any atom is -0.480 e. The van der Waals surface area contributed by atoms with Crippen molar-refractivity contribution in [3.63, 3.8) is 0 Å². The van der Waals surface area contributed by atoms with Gasteiger partial charge in [-0.15, -0.1) is 0 Å². The molecule has 3 unspecified atom stereocenters. The number of unbranched alkanes of at least 4 members (excludes halogenated alkanes) is 1. The van der Waals surface area contributed by atoms with Crippen LogP contribution in [0.3, 0.4) is 0 Å². The lowest BCUT2D eigenvalue weighted by Crippen LogP contribution is -2.46. The lowest BCUT2D eigenvalue weighted by Gasteiger charge is -2.33. The number of carbonyl (C=O) groups excluding carboxylic acids is 3. The van der Waals surface area contributed by atoms with E-state index in [0.717, 1.165) is 38.5 Å². The summed E-state index contributed by atoms with van der Waals surface area (Å²) in [4.78, 5) is 53.1. The molecule has 3 aliphatic rings. The van der Waals surface area contributed by atoms with Gasteiger partial charge in [-0.05, 0) is 49.8 Å². The number of carboxylic acid groups (broad SMARTS) is 1. The van der Waals surface area contributed by atoms with Crippen molar-refractivity contribution in [1.82, 2.24) is 9.80 Å². The fourth-order valence-electron chi connectivity index (χ4n) is 5.06. The largest absolute Gasteiger partial charge is 0.480 e. The Morgan fingerprint density at radius 2 is 1.83 bits per heavy atom. The Kier molecular flexibility index (Phi) is 5.15. The monoisotopic (exact) mass is 398 g/mol. The molecule has 0 spiro atoms. The first-order chi connectivity index (χ1) is 13.9. The van der Waals surface area contributed by atoms with Gasteiger partial charge in [-0.2, -0.15) is 0 Å². The van der Waals surface area contributed by atoms with Crippen LogP contribution in [0.2, 0.25) is 0 Å². The second kappa shape index (κ2) is 7.61. The average Bonchev–Trinajstić information content (AvgIpc) is 3.22. The van der Waals surface area contributed by atoms with Crippen LogP contribution in [0.4, 0.5) is 0 Å². The van der Waals surface area contributed by atoms with Crippen LogP contribution in [-0.4, -0.2) is 57.2 Å². The van der Waals surface area contributed by atoms with Crippen LogP contribution in [0, 0.1) is 5.92 Å². The predicted octanol–water partition coefficient (Wildman–Crippen LogP) is 2.94. The first-order valence-corrected chi connectivity index (χ1v) is 10.5. The molecule has 1 saturated carbocycles. The zero-order valence-electron chi connectivity index (χ0n) is 16.6. The van der Waals surface area contributed by atoms with Crippen molar-refractivity contribution in [2.24, 2.45) is 5.92 Å². The fourth-order valence-corrected chi connectivity index (χ4v) is 5.06. The van der Waals surface area contributed by atoms with Gasteiger partial charge in [0.2, 0.25) is 0 Å². The fraction of sp³-hybridized carbons (Fsp3) is 0.545. The first-order valence-electron chi connectivity index (χ1n) is 10.5. The van der Waals surface area contributed by atoms with Crippen LogP contribution in [0.5, 0.6) is 0 Å². The Labute approximate surface area is 169 Å². The first kappa shape index (κ1) is 19.6. The van der Waals surface area contributed by atoms with Gasteiger partial charge in [0, 0.05) is 18.2 Å². The van der Waals surface area contributed by atoms with Gasteiger partial charge in [0.25, 0.3) is 17.7 Å². The summed E-state index contributed by atoms with van der Waals surface area (Å²) in [6.07, 6.45) is 5.90. The van der Waals surface area contributed by atoms with Crippen LogP contribution in [0.15, 0.2) is 18.2 Å². The number of carbonyl (C=O) groups is 4. The number of carboxylic acids is 1. The number of nitrogens with zero attached hydrogens (tertiary/aromatic N) is 2. The van der Waals surface area contributed by atoms with E-state index < -0.39 is 12.0 Å². The summed E-state index contributed by atoms with van der Waals surface area (Å²) >= 11 is 0. The molecule has 1 saturated heterocycles. The summed E-state index contributed by atoms with van der Waals surface area (Å²) < 4.78 is 0. The van der Waals surface area contributed by atoms with Crippen LogP contribution in [0.1, 0.15) is 82.9 Å². The van der Waals surface area contributed by atoms with Crippen LogP contribution in [-0.2, 0) is 4.79 Å². The molecular formula is C22H26N2O5. The highest BCUT2D eigenvalue weighted by Gasteiger charge is 2.48. The molecule has 7 heteroatoms. The van der Waals surface area contributed by atoms with Gasteiger partial charge in [-0.1, -0.05) is 26.2 Å². The molecule has 1 aromatic rings. The second-order valence-electron chi connectivity index (χ2n) is 8.29. The Balaban J connectivity index is 1.63. The normalized spacial score (nSPS) is 25.9. The molecule has 29 heavy (non-hydrogen) atoms. The molecule has 4 rings (SSSR count). The predicted molar refractivity (Wildman–Crippen MR) is 105 cm³/mol. The molecule has 154 valence electrons. The number of imide groups is 1. The van der Waals surface area contributed by atoms with Crippen molar-refractivity contribution < 1.29 is 24.3 Å². The van der Waals surface area contributed by atoms with E-state index in [4.69, 9.17) is 0 Å². The average molecular weight is 398 g/mol. The van der Waals surface area contributed by atoms with Crippen molar-refractivity contribution in [3.8, 4) is 0 Å². The summed E-state index contributed by atoms with van der Waals surface area (Å²) in [5.41, 5.74) is 0.831. The lowest BCUT2D eigenvalue weighted by molar-refractivity contribution is -0.141. The minimum atomic E-state index is -0.981. The smallest absolute Gasteiger partial charge is 0.326 e. The molecule has 1 aliphatic carbocycles. The number of aliphatic carboxylic acids is 1. The number of likely N-dealkylation sites (tertiary alicyclic amines) is 1. The van der Waals surface area contributed by atoms with Gasteiger partial charge < -0.3 is 10.0 Å². The van der Waals surface area contributed by atoms with Crippen LogP contribution < -0.4 is 0 Å². The third-order valence-electron chi connectivity index (χ3n) is 6.56. The van der Waals surface area contributed by atoms with E-state index in [0.29, 0.717) is 18.5 Å². The second-order valence-corrected chi connectivity index (χ2v) is 8.29. The zero-order valence-corrected chi connectivity index (χ0v) is 16.6. The molecule has 0 bridgehead atoms. The maximum atomic E-state index is 13.3. The van der Waals surface area contributed by atoms with E-state index in [1.807, 2.05) is 6.92 Å². The third-order valence-corrected chi connectivity index (χ3v) is 6.56. The molecule has 7 nitrogen and oxygen atoms in total. The van der Waals surface area contributed by atoms with E-state index in [1.54, 1.807) is 6.07 Å². The van der Waals surface area contributed by atoms with Crippen molar-refractivity contribution >= 4 is 23.7 Å². The van der Waals surface area contributed by atoms with Gasteiger partial charge in [-0.3, -0.25) is 19.3 Å². The maximum Gasteiger partial charge on any atom is 0.326 e.